The molecule has 2 heteroatoms. The van der Waals surface area contributed by atoms with Gasteiger partial charge in [-0.15, -0.1) is 11.3 Å². The summed E-state index contributed by atoms with van der Waals surface area (Å²) in [6.07, 6.45) is 0. The highest BCUT2D eigenvalue weighted by molar-refractivity contribution is 7.26. The van der Waals surface area contributed by atoms with Crippen molar-refractivity contribution in [3.63, 3.8) is 0 Å². The number of nitrogens with zero attached hydrogens (tertiary/aromatic N) is 1. The Hall–Kier alpha value is -4.40. The number of para-hydroxylation sites is 1. The molecule has 0 saturated carbocycles. The molecule has 0 amide bonds. The minimum Gasteiger partial charge on any atom is -0.309 e. The second-order valence-electron chi connectivity index (χ2n) is 11.4. The minimum atomic E-state index is -0.0326. The number of rotatable bonds is 1. The number of aromatic nitrogens is 1. The Bertz CT molecular complexity index is 2310. The summed E-state index contributed by atoms with van der Waals surface area (Å²) in [5.41, 5.74) is 9.25. The van der Waals surface area contributed by atoms with Gasteiger partial charge >= 0.3 is 0 Å². The standard InChI is InChI=1S/C37H25NS/c1-37(2)30-12-6-3-9-24(30)25-17-16-23(20-31(25)37)38-32-13-7-4-10-26(32)29-19-22-15-18-35-36(28(22)21-33(29)38)27-11-5-8-14-34(27)39-35/h3-21H,1-2H3. The van der Waals surface area contributed by atoms with Gasteiger partial charge in [0, 0.05) is 42.0 Å². The third-order valence-corrected chi connectivity index (χ3v) is 10.1. The fourth-order valence-corrected chi connectivity index (χ4v) is 8.24. The molecule has 6 aromatic carbocycles. The summed E-state index contributed by atoms with van der Waals surface area (Å²) in [6.45, 7) is 4.72. The molecule has 0 aliphatic heterocycles. The normalized spacial score (nSPS) is 14.1. The summed E-state index contributed by atoms with van der Waals surface area (Å²) in [6, 6.07) is 43.1. The minimum absolute atomic E-state index is 0.0326. The van der Waals surface area contributed by atoms with Crippen molar-refractivity contribution in [2.24, 2.45) is 0 Å². The molecule has 8 aromatic rings. The highest BCUT2D eigenvalue weighted by Gasteiger charge is 2.35. The first-order chi connectivity index (χ1) is 19.1. The molecule has 0 atom stereocenters. The fraction of sp³-hybridized carbons (Fsp3) is 0.0811. The largest absolute Gasteiger partial charge is 0.309 e. The predicted octanol–water partition coefficient (Wildman–Crippen LogP) is 10.6. The molecule has 184 valence electrons. The van der Waals surface area contributed by atoms with Crippen LogP contribution >= 0.6 is 11.3 Å². The Morgan fingerprint density at radius 3 is 2.23 bits per heavy atom. The Morgan fingerprint density at radius 1 is 0.538 bits per heavy atom. The van der Waals surface area contributed by atoms with Gasteiger partial charge in [-0.3, -0.25) is 0 Å². The van der Waals surface area contributed by atoms with Crippen molar-refractivity contribution in [3.05, 3.63) is 126 Å². The molecule has 2 heterocycles. The van der Waals surface area contributed by atoms with Crippen LogP contribution in [0.3, 0.4) is 0 Å². The van der Waals surface area contributed by atoms with E-state index in [2.05, 4.69) is 134 Å². The van der Waals surface area contributed by atoms with Gasteiger partial charge in [0.2, 0.25) is 0 Å². The molecule has 0 unspecified atom stereocenters. The van der Waals surface area contributed by atoms with Crippen LogP contribution in [-0.4, -0.2) is 4.57 Å². The van der Waals surface area contributed by atoms with Gasteiger partial charge in [0.25, 0.3) is 0 Å². The van der Waals surface area contributed by atoms with Crippen LogP contribution in [0.4, 0.5) is 0 Å². The van der Waals surface area contributed by atoms with E-state index in [-0.39, 0.29) is 5.41 Å². The Labute approximate surface area is 230 Å². The first-order valence-electron chi connectivity index (χ1n) is 13.6. The van der Waals surface area contributed by atoms with Crippen molar-refractivity contribution >= 4 is 64.1 Å². The van der Waals surface area contributed by atoms with Crippen LogP contribution in [0.25, 0.3) is 69.6 Å². The lowest BCUT2D eigenvalue weighted by Crippen LogP contribution is -2.15. The number of hydrogen-bond donors (Lipinski definition) is 0. The molecule has 9 rings (SSSR count). The van der Waals surface area contributed by atoms with Crippen molar-refractivity contribution in [1.82, 2.24) is 4.57 Å². The van der Waals surface area contributed by atoms with Crippen molar-refractivity contribution < 1.29 is 0 Å². The van der Waals surface area contributed by atoms with Crippen LogP contribution in [0.5, 0.6) is 0 Å². The Balaban J connectivity index is 1.40. The van der Waals surface area contributed by atoms with E-state index in [0.717, 1.165) is 0 Å². The maximum absolute atomic E-state index is 2.48. The quantitative estimate of drug-likeness (QED) is 0.205. The summed E-state index contributed by atoms with van der Waals surface area (Å²) < 4.78 is 5.18. The summed E-state index contributed by atoms with van der Waals surface area (Å²) in [5, 5.41) is 7.95. The first-order valence-corrected chi connectivity index (χ1v) is 14.4. The molecule has 1 aliphatic carbocycles. The highest BCUT2D eigenvalue weighted by atomic mass is 32.1. The second-order valence-corrected chi connectivity index (χ2v) is 12.5. The van der Waals surface area contributed by atoms with Gasteiger partial charge in [-0.25, -0.2) is 0 Å². The first kappa shape index (κ1) is 21.5. The topological polar surface area (TPSA) is 4.93 Å². The van der Waals surface area contributed by atoms with E-state index in [0.29, 0.717) is 0 Å². The molecule has 0 radical (unpaired) electrons. The molecule has 1 nitrogen and oxygen atoms in total. The molecule has 0 spiro atoms. The maximum Gasteiger partial charge on any atom is 0.0547 e. The molecule has 39 heavy (non-hydrogen) atoms. The molecular formula is C37H25NS. The van der Waals surface area contributed by atoms with Crippen LogP contribution in [0.2, 0.25) is 0 Å². The molecule has 0 N–H and O–H groups in total. The monoisotopic (exact) mass is 515 g/mol. The van der Waals surface area contributed by atoms with E-state index < -0.39 is 0 Å². The van der Waals surface area contributed by atoms with Crippen LogP contribution in [0, 0.1) is 0 Å². The lowest BCUT2D eigenvalue weighted by molar-refractivity contribution is 0.660. The average molecular weight is 516 g/mol. The van der Waals surface area contributed by atoms with Crippen molar-refractivity contribution in [1.29, 1.82) is 0 Å². The summed E-state index contributed by atoms with van der Waals surface area (Å²) >= 11 is 1.89. The van der Waals surface area contributed by atoms with Crippen LogP contribution in [0.15, 0.2) is 115 Å². The van der Waals surface area contributed by atoms with Gasteiger partial charge in [0.15, 0.2) is 0 Å². The number of thiophene rings is 1. The smallest absolute Gasteiger partial charge is 0.0547 e. The zero-order valence-electron chi connectivity index (χ0n) is 21.8. The average Bonchev–Trinajstić information content (AvgIpc) is 3.58. The van der Waals surface area contributed by atoms with E-state index in [1.807, 2.05) is 11.3 Å². The van der Waals surface area contributed by atoms with Gasteiger partial charge in [0.05, 0.1) is 11.0 Å². The number of benzene rings is 6. The zero-order valence-corrected chi connectivity index (χ0v) is 22.6. The Kier molecular flexibility index (Phi) is 4.07. The number of fused-ring (bicyclic) bond motifs is 11. The molecular weight excluding hydrogens is 490 g/mol. The van der Waals surface area contributed by atoms with Gasteiger partial charge in [-0.2, -0.15) is 0 Å². The van der Waals surface area contributed by atoms with Gasteiger partial charge in [0.1, 0.15) is 0 Å². The molecule has 0 saturated heterocycles. The van der Waals surface area contributed by atoms with E-state index in [4.69, 9.17) is 0 Å². The van der Waals surface area contributed by atoms with Crippen LogP contribution < -0.4 is 0 Å². The zero-order chi connectivity index (χ0) is 25.9. The summed E-state index contributed by atoms with van der Waals surface area (Å²) in [4.78, 5) is 0. The Morgan fingerprint density at radius 2 is 1.31 bits per heavy atom. The van der Waals surface area contributed by atoms with Crippen LogP contribution in [0.1, 0.15) is 25.0 Å². The SMILES string of the molecule is CC1(C)c2ccccc2-c2ccc(-n3c4ccccc4c4cc5ccc6sc7ccccc7c6c5cc43)cc21. The molecule has 1 aliphatic rings. The lowest BCUT2D eigenvalue weighted by Gasteiger charge is -2.22. The van der Waals surface area contributed by atoms with Gasteiger partial charge in [-0.1, -0.05) is 86.6 Å². The molecule has 2 aromatic heterocycles. The number of hydrogen-bond acceptors (Lipinski definition) is 1. The summed E-state index contributed by atoms with van der Waals surface area (Å²) in [5.74, 6) is 0. The lowest BCUT2D eigenvalue weighted by atomic mass is 9.82. The third kappa shape index (κ3) is 2.74. The van der Waals surface area contributed by atoms with E-state index in [1.54, 1.807) is 0 Å². The van der Waals surface area contributed by atoms with E-state index >= 15 is 0 Å². The third-order valence-electron chi connectivity index (χ3n) is 8.98. The predicted molar refractivity (Wildman–Crippen MR) is 169 cm³/mol. The maximum atomic E-state index is 2.48. The van der Waals surface area contributed by atoms with Crippen LogP contribution in [-0.2, 0) is 5.41 Å². The van der Waals surface area contributed by atoms with E-state index in [1.165, 1.54) is 80.7 Å². The van der Waals surface area contributed by atoms with Crippen molar-refractivity contribution in [3.8, 4) is 16.8 Å². The van der Waals surface area contributed by atoms with Crippen molar-refractivity contribution in [2.45, 2.75) is 19.3 Å². The van der Waals surface area contributed by atoms with Gasteiger partial charge in [-0.05, 0) is 75.5 Å². The second kappa shape index (κ2) is 7.37. The summed E-state index contributed by atoms with van der Waals surface area (Å²) in [7, 11) is 0. The van der Waals surface area contributed by atoms with Gasteiger partial charge < -0.3 is 4.57 Å². The fourth-order valence-electron chi connectivity index (χ4n) is 7.12. The van der Waals surface area contributed by atoms with Crippen molar-refractivity contribution in [2.75, 3.05) is 0 Å². The van der Waals surface area contributed by atoms with E-state index in [9.17, 15) is 0 Å². The highest BCUT2D eigenvalue weighted by Crippen LogP contribution is 2.49. The molecule has 0 bridgehead atoms. The molecule has 0 fully saturated rings.